The number of ether oxygens (including phenoxy) is 1. The van der Waals surface area contributed by atoms with Crippen molar-refractivity contribution >= 4 is 15.7 Å². The van der Waals surface area contributed by atoms with Crippen LogP contribution in [0.25, 0.3) is 0 Å². The van der Waals surface area contributed by atoms with Crippen LogP contribution in [-0.4, -0.2) is 43.9 Å². The second-order valence-electron chi connectivity index (χ2n) is 6.09. The number of nitrogens with two attached hydrogens (primary N) is 1. The van der Waals surface area contributed by atoms with Crippen molar-refractivity contribution in [1.29, 1.82) is 0 Å². The Morgan fingerprint density at radius 1 is 1.19 bits per heavy atom. The second kappa shape index (κ2) is 7.02. The van der Waals surface area contributed by atoms with Crippen LogP contribution < -0.4 is 10.5 Å². The Kier molecular flexibility index (Phi) is 4.94. The van der Waals surface area contributed by atoms with Crippen LogP contribution in [0.3, 0.4) is 0 Å². The number of nitro groups is 1. The Morgan fingerprint density at radius 3 is 2.50 bits per heavy atom. The van der Waals surface area contributed by atoms with E-state index in [1.807, 2.05) is 30.3 Å². The zero-order valence-corrected chi connectivity index (χ0v) is 14.9. The number of hydrogen-bond donors (Lipinski definition) is 1. The third-order valence-electron chi connectivity index (χ3n) is 4.54. The van der Waals surface area contributed by atoms with E-state index in [9.17, 15) is 18.5 Å². The molecule has 8 nitrogen and oxygen atoms in total. The summed E-state index contributed by atoms with van der Waals surface area (Å²) in [5.41, 5.74) is 6.59. The number of rotatable bonds is 5. The van der Waals surface area contributed by atoms with E-state index in [0.29, 0.717) is 0 Å². The van der Waals surface area contributed by atoms with E-state index < -0.39 is 20.6 Å². The summed E-state index contributed by atoms with van der Waals surface area (Å²) in [4.78, 5) is 10.3. The Labute approximate surface area is 151 Å². The topological polar surface area (TPSA) is 116 Å². The van der Waals surface area contributed by atoms with Crippen LogP contribution in [-0.2, 0) is 10.0 Å². The average Bonchev–Trinajstić information content (AvgIpc) is 3.04. The Hall–Kier alpha value is -2.49. The van der Waals surface area contributed by atoms with Crippen LogP contribution in [0.2, 0.25) is 0 Å². The maximum Gasteiger partial charge on any atom is 0.293 e. The SMILES string of the molecule is COc1ccc(S(=O)(=O)N2C[C@@H](N)[C@H](c3ccccc3)C2)c([N+](=O)[O-])c1. The minimum Gasteiger partial charge on any atom is -0.497 e. The number of methoxy groups -OCH3 is 1. The summed E-state index contributed by atoms with van der Waals surface area (Å²) in [6.45, 7) is 0.280. The second-order valence-corrected chi connectivity index (χ2v) is 8.00. The molecular weight excluding hydrogens is 358 g/mol. The number of nitrogens with zero attached hydrogens (tertiary/aromatic N) is 2. The third-order valence-corrected chi connectivity index (χ3v) is 6.42. The predicted molar refractivity (Wildman–Crippen MR) is 95.6 cm³/mol. The molecule has 1 heterocycles. The molecule has 9 heteroatoms. The van der Waals surface area contributed by atoms with Crippen molar-refractivity contribution in [3.8, 4) is 5.75 Å². The van der Waals surface area contributed by atoms with E-state index in [-0.39, 0.29) is 35.7 Å². The first-order valence-corrected chi connectivity index (χ1v) is 9.41. The largest absolute Gasteiger partial charge is 0.497 e. The molecule has 0 saturated carbocycles. The number of benzene rings is 2. The molecule has 2 aromatic rings. The Morgan fingerprint density at radius 2 is 1.88 bits per heavy atom. The fraction of sp³-hybridized carbons (Fsp3) is 0.294. The van der Waals surface area contributed by atoms with Gasteiger partial charge in [0.05, 0.1) is 18.1 Å². The van der Waals surface area contributed by atoms with E-state index in [1.54, 1.807) is 0 Å². The van der Waals surface area contributed by atoms with Gasteiger partial charge >= 0.3 is 0 Å². The van der Waals surface area contributed by atoms with Gasteiger partial charge in [0.15, 0.2) is 4.90 Å². The van der Waals surface area contributed by atoms with Gasteiger partial charge in [-0.2, -0.15) is 4.31 Å². The highest BCUT2D eigenvalue weighted by atomic mass is 32.2. The standard InChI is InChI=1S/C17H19N3O5S/c1-25-13-7-8-17(16(9-13)20(21)22)26(23,24)19-10-14(15(18)11-19)12-5-3-2-4-6-12/h2-9,14-15H,10-11,18H2,1H3/t14-,15+/m0/s1. The first kappa shape index (κ1) is 18.3. The van der Waals surface area contributed by atoms with E-state index in [0.717, 1.165) is 11.6 Å². The van der Waals surface area contributed by atoms with Crippen molar-refractivity contribution in [2.45, 2.75) is 16.9 Å². The summed E-state index contributed by atoms with van der Waals surface area (Å²) in [7, 11) is -2.70. The molecule has 0 unspecified atom stereocenters. The van der Waals surface area contributed by atoms with Gasteiger partial charge in [0.1, 0.15) is 5.75 Å². The number of sulfonamides is 1. The van der Waals surface area contributed by atoms with E-state index in [2.05, 4.69) is 0 Å². The molecule has 26 heavy (non-hydrogen) atoms. The molecule has 2 atom stereocenters. The van der Waals surface area contributed by atoms with E-state index in [1.165, 1.54) is 23.5 Å². The van der Waals surface area contributed by atoms with E-state index in [4.69, 9.17) is 10.5 Å². The molecule has 2 aromatic carbocycles. The zero-order valence-electron chi connectivity index (χ0n) is 14.1. The van der Waals surface area contributed by atoms with E-state index >= 15 is 0 Å². The van der Waals surface area contributed by atoms with Gasteiger partial charge in [0, 0.05) is 25.0 Å². The van der Waals surface area contributed by atoms with Crippen LogP contribution >= 0.6 is 0 Å². The lowest BCUT2D eigenvalue weighted by Gasteiger charge is -2.17. The lowest BCUT2D eigenvalue weighted by Crippen LogP contribution is -2.32. The lowest BCUT2D eigenvalue weighted by molar-refractivity contribution is -0.387. The van der Waals surface area contributed by atoms with Gasteiger partial charge in [0.2, 0.25) is 10.0 Å². The minimum absolute atomic E-state index is 0.102. The van der Waals surface area contributed by atoms with Gasteiger partial charge in [0.25, 0.3) is 5.69 Å². The molecule has 0 bridgehead atoms. The molecule has 1 aliphatic heterocycles. The number of hydrogen-bond acceptors (Lipinski definition) is 6. The van der Waals surface area contributed by atoms with Crippen molar-refractivity contribution in [3.05, 3.63) is 64.2 Å². The molecular formula is C17H19N3O5S. The van der Waals surface area contributed by atoms with Crippen molar-refractivity contribution in [2.75, 3.05) is 20.2 Å². The highest BCUT2D eigenvalue weighted by Crippen LogP contribution is 2.35. The molecule has 1 aliphatic rings. The Balaban J connectivity index is 1.96. The van der Waals surface area contributed by atoms with Crippen molar-refractivity contribution in [1.82, 2.24) is 4.31 Å². The van der Waals surface area contributed by atoms with Gasteiger partial charge in [-0.3, -0.25) is 10.1 Å². The molecule has 3 rings (SSSR count). The first-order valence-electron chi connectivity index (χ1n) is 7.97. The third kappa shape index (κ3) is 3.28. The van der Waals surface area contributed by atoms with Gasteiger partial charge in [-0.15, -0.1) is 0 Å². The monoisotopic (exact) mass is 377 g/mol. The summed E-state index contributed by atoms with van der Waals surface area (Å²) in [5, 5.41) is 11.3. The smallest absolute Gasteiger partial charge is 0.293 e. The lowest BCUT2D eigenvalue weighted by atomic mass is 9.95. The summed E-state index contributed by atoms with van der Waals surface area (Å²) >= 11 is 0. The van der Waals surface area contributed by atoms with Crippen molar-refractivity contribution < 1.29 is 18.1 Å². The maximum atomic E-state index is 13.0. The minimum atomic E-state index is -4.06. The molecule has 0 aromatic heterocycles. The molecule has 0 spiro atoms. The van der Waals surface area contributed by atoms with Crippen LogP contribution in [0, 0.1) is 10.1 Å². The highest BCUT2D eigenvalue weighted by molar-refractivity contribution is 7.89. The molecule has 0 aliphatic carbocycles. The van der Waals surface area contributed by atoms with Crippen LogP contribution in [0.5, 0.6) is 5.75 Å². The highest BCUT2D eigenvalue weighted by Gasteiger charge is 2.40. The first-order chi connectivity index (χ1) is 12.3. The molecule has 0 radical (unpaired) electrons. The average molecular weight is 377 g/mol. The van der Waals surface area contributed by atoms with Gasteiger partial charge in [-0.1, -0.05) is 30.3 Å². The van der Waals surface area contributed by atoms with Crippen LogP contribution in [0.4, 0.5) is 5.69 Å². The van der Waals surface area contributed by atoms with Gasteiger partial charge < -0.3 is 10.5 Å². The van der Waals surface area contributed by atoms with Crippen molar-refractivity contribution in [2.24, 2.45) is 5.73 Å². The zero-order chi connectivity index (χ0) is 18.9. The fourth-order valence-corrected chi connectivity index (χ4v) is 4.81. The molecule has 138 valence electrons. The normalized spacial score (nSPS) is 20.8. The van der Waals surface area contributed by atoms with Gasteiger partial charge in [-0.25, -0.2) is 8.42 Å². The molecule has 2 N–H and O–H groups in total. The van der Waals surface area contributed by atoms with Crippen LogP contribution in [0.15, 0.2) is 53.4 Å². The summed E-state index contributed by atoms with van der Waals surface area (Å²) in [6.07, 6.45) is 0. The fourth-order valence-electron chi connectivity index (χ4n) is 3.16. The quantitative estimate of drug-likeness (QED) is 0.626. The maximum absolute atomic E-state index is 13.0. The van der Waals surface area contributed by atoms with Crippen molar-refractivity contribution in [3.63, 3.8) is 0 Å². The van der Waals surface area contributed by atoms with Gasteiger partial charge in [-0.05, 0) is 17.7 Å². The molecule has 0 amide bonds. The molecule has 1 fully saturated rings. The molecule has 1 saturated heterocycles. The number of nitro benzene ring substituents is 1. The summed E-state index contributed by atoms with van der Waals surface area (Å²) in [6, 6.07) is 12.7. The predicted octanol–water partition coefficient (Wildman–Crippen LogP) is 1.72. The summed E-state index contributed by atoms with van der Waals surface area (Å²) < 4.78 is 32.2. The summed E-state index contributed by atoms with van der Waals surface area (Å²) in [5.74, 6) is 0.0548. The van der Waals surface area contributed by atoms with Crippen LogP contribution in [0.1, 0.15) is 11.5 Å². The Bertz CT molecular complexity index is 917.